The molecular formula is C29H35ClN4O3. The molecule has 3 rings (SSSR count). The van der Waals surface area contributed by atoms with Crippen molar-refractivity contribution in [2.45, 2.75) is 43.8 Å². The Morgan fingerprint density at radius 3 is 1.92 bits per heavy atom. The van der Waals surface area contributed by atoms with E-state index >= 15 is 0 Å². The number of nitrogens with zero attached hydrogens (tertiary/aromatic N) is 1. The highest BCUT2D eigenvalue weighted by Gasteiger charge is 2.34. The third-order valence-corrected chi connectivity index (χ3v) is 6.24. The van der Waals surface area contributed by atoms with Gasteiger partial charge in [0.2, 0.25) is 11.8 Å². The number of amides is 2. The van der Waals surface area contributed by atoms with Crippen molar-refractivity contribution in [3.63, 3.8) is 0 Å². The highest BCUT2D eigenvalue weighted by molar-refractivity contribution is 5.92. The summed E-state index contributed by atoms with van der Waals surface area (Å²) in [7, 11) is 1.59. The summed E-state index contributed by atoms with van der Waals surface area (Å²) in [5.74, 6) is -0.671. The molecule has 2 amide bonds. The second kappa shape index (κ2) is 14.8. The fourth-order valence-electron chi connectivity index (χ4n) is 4.29. The van der Waals surface area contributed by atoms with Gasteiger partial charge < -0.3 is 26.5 Å². The van der Waals surface area contributed by atoms with Crippen molar-refractivity contribution in [2.75, 3.05) is 7.11 Å². The maximum absolute atomic E-state index is 14.3. The van der Waals surface area contributed by atoms with Gasteiger partial charge in [-0.05, 0) is 48.1 Å². The van der Waals surface area contributed by atoms with E-state index in [4.69, 9.17) is 21.6 Å². The first-order valence-electron chi connectivity index (χ1n) is 12.0. The maximum Gasteiger partial charge on any atom is 0.240 e. The van der Waals surface area contributed by atoms with Crippen LogP contribution in [0.1, 0.15) is 41.9 Å². The molecular weight excluding hydrogens is 488 g/mol. The van der Waals surface area contributed by atoms with Gasteiger partial charge >= 0.3 is 0 Å². The largest absolute Gasteiger partial charge is 0.497 e. The van der Waals surface area contributed by atoms with Crippen molar-refractivity contribution < 1.29 is 14.3 Å². The lowest BCUT2D eigenvalue weighted by molar-refractivity contribution is -0.141. The molecule has 0 bridgehead atoms. The highest BCUT2D eigenvalue weighted by Crippen LogP contribution is 2.29. The smallest absolute Gasteiger partial charge is 0.240 e. The number of rotatable bonds is 13. The maximum atomic E-state index is 14.3. The predicted octanol–water partition coefficient (Wildman–Crippen LogP) is 4.28. The molecule has 7 nitrogen and oxygen atoms in total. The number of nitrogens with one attached hydrogen (secondary N) is 1. The first-order valence-corrected chi connectivity index (χ1v) is 12.0. The number of ether oxygens (including phenoxy) is 1. The zero-order valence-corrected chi connectivity index (χ0v) is 21.8. The van der Waals surface area contributed by atoms with Crippen LogP contribution in [0.2, 0.25) is 0 Å². The lowest BCUT2D eigenvalue weighted by Gasteiger charge is -2.33. The van der Waals surface area contributed by atoms with E-state index in [1.54, 1.807) is 12.0 Å². The second-order valence-corrected chi connectivity index (χ2v) is 8.75. The highest BCUT2D eigenvalue weighted by atomic mass is 35.5. The summed E-state index contributed by atoms with van der Waals surface area (Å²) in [6.45, 7) is 0.212. The summed E-state index contributed by atoms with van der Waals surface area (Å²) in [5.41, 5.74) is 14.3. The van der Waals surface area contributed by atoms with Gasteiger partial charge in [-0.15, -0.1) is 12.4 Å². The molecule has 196 valence electrons. The van der Waals surface area contributed by atoms with Crippen LogP contribution in [-0.4, -0.2) is 42.1 Å². The summed E-state index contributed by atoms with van der Waals surface area (Å²) in [6, 6.07) is 25.3. The fraction of sp³-hybridized carbons (Fsp3) is 0.276. The molecule has 0 heterocycles. The van der Waals surface area contributed by atoms with Crippen LogP contribution in [0.15, 0.2) is 84.9 Å². The SMILES string of the molecule is COc1ccc(CN(C(=O)C(c2ccccc2)c2ccccc2)[C@@H](CCCC(N)C=N)C(N)=O)cc1.Cl. The van der Waals surface area contributed by atoms with Gasteiger partial charge in [0.05, 0.1) is 13.0 Å². The fourth-order valence-corrected chi connectivity index (χ4v) is 4.29. The van der Waals surface area contributed by atoms with Crippen molar-refractivity contribution in [3.8, 4) is 5.75 Å². The Balaban J connectivity index is 0.00000481. The number of methoxy groups -OCH3 is 1. The normalized spacial score (nSPS) is 12.2. The lowest BCUT2D eigenvalue weighted by atomic mass is 9.89. The number of halogens is 1. The van der Waals surface area contributed by atoms with E-state index in [0.29, 0.717) is 25.0 Å². The van der Waals surface area contributed by atoms with E-state index in [1.165, 1.54) is 6.21 Å². The average Bonchev–Trinajstić information content (AvgIpc) is 2.91. The van der Waals surface area contributed by atoms with E-state index in [1.807, 2.05) is 84.9 Å². The second-order valence-electron chi connectivity index (χ2n) is 8.75. The Morgan fingerprint density at radius 2 is 1.46 bits per heavy atom. The Morgan fingerprint density at radius 1 is 0.919 bits per heavy atom. The summed E-state index contributed by atoms with van der Waals surface area (Å²) < 4.78 is 5.26. The van der Waals surface area contributed by atoms with Gasteiger partial charge in [0.15, 0.2) is 0 Å². The van der Waals surface area contributed by atoms with E-state index in [-0.39, 0.29) is 24.9 Å². The molecule has 0 aliphatic rings. The Kier molecular flexibility index (Phi) is 11.8. The quantitative estimate of drug-likeness (QED) is 0.290. The zero-order valence-electron chi connectivity index (χ0n) is 21.0. The molecule has 0 fully saturated rings. The van der Waals surface area contributed by atoms with E-state index in [0.717, 1.165) is 16.7 Å². The summed E-state index contributed by atoms with van der Waals surface area (Å²) in [5, 5.41) is 7.34. The van der Waals surface area contributed by atoms with Crippen molar-refractivity contribution >= 4 is 30.4 Å². The first kappa shape index (κ1) is 29.5. The molecule has 0 aromatic heterocycles. The number of carbonyl (C=O) groups excluding carboxylic acids is 2. The molecule has 1 unspecified atom stereocenters. The molecule has 2 atom stereocenters. The number of hydrogen-bond donors (Lipinski definition) is 3. The van der Waals surface area contributed by atoms with Crippen LogP contribution in [0.25, 0.3) is 0 Å². The van der Waals surface area contributed by atoms with Crippen LogP contribution in [0, 0.1) is 5.41 Å². The number of nitrogens with two attached hydrogens (primary N) is 2. The molecule has 0 aliphatic heterocycles. The third kappa shape index (κ3) is 8.17. The number of hydrogen-bond acceptors (Lipinski definition) is 5. The predicted molar refractivity (Wildman–Crippen MR) is 149 cm³/mol. The molecule has 37 heavy (non-hydrogen) atoms. The van der Waals surface area contributed by atoms with E-state index < -0.39 is 23.9 Å². The van der Waals surface area contributed by atoms with Crippen LogP contribution >= 0.6 is 12.4 Å². The van der Waals surface area contributed by atoms with Gasteiger partial charge in [-0.25, -0.2) is 0 Å². The minimum Gasteiger partial charge on any atom is -0.497 e. The molecule has 0 radical (unpaired) electrons. The summed E-state index contributed by atoms with van der Waals surface area (Å²) >= 11 is 0. The van der Waals surface area contributed by atoms with Crippen LogP contribution in [0.4, 0.5) is 0 Å². The van der Waals surface area contributed by atoms with Crippen molar-refractivity contribution in [2.24, 2.45) is 11.5 Å². The number of benzene rings is 3. The van der Waals surface area contributed by atoms with Gasteiger partial charge in [0.1, 0.15) is 11.8 Å². The molecule has 0 spiro atoms. The molecule has 3 aromatic rings. The van der Waals surface area contributed by atoms with Gasteiger partial charge in [0.25, 0.3) is 0 Å². The molecule has 0 saturated heterocycles. The molecule has 0 saturated carbocycles. The Bertz CT molecular complexity index is 1090. The van der Waals surface area contributed by atoms with Crippen LogP contribution in [0.5, 0.6) is 5.75 Å². The monoisotopic (exact) mass is 522 g/mol. The van der Waals surface area contributed by atoms with Crippen LogP contribution in [0.3, 0.4) is 0 Å². The average molecular weight is 523 g/mol. The zero-order chi connectivity index (χ0) is 25.9. The van der Waals surface area contributed by atoms with Crippen LogP contribution < -0.4 is 16.2 Å². The topological polar surface area (TPSA) is 122 Å². The van der Waals surface area contributed by atoms with Crippen LogP contribution in [-0.2, 0) is 16.1 Å². The lowest BCUT2D eigenvalue weighted by Crippen LogP contribution is -2.49. The standard InChI is InChI=1S/C29H34N4O3.ClH/c1-36-25-17-15-21(16-18-25)20-33(26(28(32)34)14-8-13-24(31)19-30)29(35)27(22-9-4-2-5-10-22)23-11-6-3-7-12-23;/h2-7,9-12,15-19,24,26-27,30H,8,13-14,20,31H2,1H3,(H2,32,34);1H/t24?,26-;/m0./s1. The molecule has 8 heteroatoms. The van der Waals surface area contributed by atoms with Gasteiger partial charge in [-0.3, -0.25) is 9.59 Å². The third-order valence-electron chi connectivity index (χ3n) is 6.24. The van der Waals surface area contributed by atoms with Gasteiger partial charge in [-0.2, -0.15) is 0 Å². The van der Waals surface area contributed by atoms with Gasteiger partial charge in [0, 0.05) is 18.8 Å². The number of carbonyl (C=O) groups is 2. The summed E-state index contributed by atoms with van der Waals surface area (Å²) in [6.07, 6.45) is 2.62. The van der Waals surface area contributed by atoms with E-state index in [2.05, 4.69) is 0 Å². The summed E-state index contributed by atoms with van der Waals surface area (Å²) in [4.78, 5) is 28.6. The minimum atomic E-state index is -0.826. The molecule has 5 N–H and O–H groups in total. The Labute approximate surface area is 224 Å². The van der Waals surface area contributed by atoms with Crippen molar-refractivity contribution in [3.05, 3.63) is 102 Å². The first-order chi connectivity index (χ1) is 17.4. The van der Waals surface area contributed by atoms with Crippen molar-refractivity contribution in [1.82, 2.24) is 4.90 Å². The van der Waals surface area contributed by atoms with E-state index in [9.17, 15) is 9.59 Å². The Hall–Kier alpha value is -3.68. The number of primary amides is 1. The minimum absolute atomic E-state index is 0. The van der Waals surface area contributed by atoms with Crippen molar-refractivity contribution in [1.29, 1.82) is 5.41 Å². The molecule has 0 aliphatic carbocycles. The molecule has 3 aromatic carbocycles. The van der Waals surface area contributed by atoms with Gasteiger partial charge in [-0.1, -0.05) is 72.8 Å².